The summed E-state index contributed by atoms with van der Waals surface area (Å²) in [6.07, 6.45) is 1.41. The van der Waals surface area contributed by atoms with E-state index in [0.29, 0.717) is 38.5 Å². The number of para-hydroxylation sites is 1. The zero-order chi connectivity index (χ0) is 22.1. The van der Waals surface area contributed by atoms with E-state index < -0.39 is 11.8 Å². The molecule has 2 N–H and O–H groups in total. The summed E-state index contributed by atoms with van der Waals surface area (Å²) in [6, 6.07) is 13.7. The second-order valence-electron chi connectivity index (χ2n) is 6.61. The van der Waals surface area contributed by atoms with E-state index in [-0.39, 0.29) is 11.6 Å². The van der Waals surface area contributed by atoms with Crippen LogP contribution in [0.2, 0.25) is 0 Å². The van der Waals surface area contributed by atoms with Crippen LogP contribution in [-0.2, 0) is 14.3 Å². The molecule has 0 spiro atoms. The number of benzene rings is 2. The summed E-state index contributed by atoms with van der Waals surface area (Å²) < 4.78 is 10.6. The van der Waals surface area contributed by atoms with E-state index in [9.17, 15) is 14.4 Å². The van der Waals surface area contributed by atoms with E-state index in [1.54, 1.807) is 53.4 Å². The third-order valence-electron chi connectivity index (χ3n) is 4.48. The van der Waals surface area contributed by atoms with Gasteiger partial charge in [0.1, 0.15) is 5.75 Å². The Kier molecular flexibility index (Phi) is 7.72. The number of hydrogen-bond donors (Lipinski definition) is 2. The van der Waals surface area contributed by atoms with Crippen molar-refractivity contribution in [3.8, 4) is 5.75 Å². The van der Waals surface area contributed by atoms with E-state index in [0.717, 1.165) is 11.3 Å². The van der Waals surface area contributed by atoms with Gasteiger partial charge in [0.25, 0.3) is 5.91 Å². The fourth-order valence-corrected chi connectivity index (χ4v) is 2.93. The molecule has 1 saturated heterocycles. The molecule has 3 rings (SSSR count). The highest BCUT2D eigenvalue weighted by molar-refractivity contribution is 6.40. The number of amides is 3. The maximum atomic E-state index is 12.8. The molecule has 2 aromatic rings. The van der Waals surface area contributed by atoms with Crippen LogP contribution in [0, 0.1) is 0 Å². The van der Waals surface area contributed by atoms with Crippen molar-refractivity contribution in [2.75, 3.05) is 38.2 Å². The standard InChI is InChI=1S/C22H24N4O5/c1-2-31-17-9-7-16(8-10-17)15-23-25-21(28)20(27)24-19-6-4-3-5-18(19)22(29)26-11-13-30-14-12-26/h3-10,15H,2,11-14H2,1H3,(H,24,27)(H,25,28). The number of hydrazone groups is 1. The van der Waals surface area contributed by atoms with Gasteiger partial charge < -0.3 is 19.7 Å². The first-order chi connectivity index (χ1) is 15.1. The number of ether oxygens (including phenoxy) is 2. The van der Waals surface area contributed by atoms with Gasteiger partial charge in [0.2, 0.25) is 0 Å². The van der Waals surface area contributed by atoms with Crippen LogP contribution >= 0.6 is 0 Å². The zero-order valence-electron chi connectivity index (χ0n) is 17.2. The Morgan fingerprint density at radius 2 is 1.77 bits per heavy atom. The lowest BCUT2D eigenvalue weighted by atomic mass is 10.1. The lowest BCUT2D eigenvalue weighted by Crippen LogP contribution is -2.41. The molecule has 1 aliphatic heterocycles. The fraction of sp³-hybridized carbons (Fsp3) is 0.273. The van der Waals surface area contributed by atoms with Crippen molar-refractivity contribution in [3.63, 3.8) is 0 Å². The highest BCUT2D eigenvalue weighted by atomic mass is 16.5. The Hall–Kier alpha value is -3.72. The molecule has 2 aromatic carbocycles. The molecule has 1 heterocycles. The number of carbonyl (C=O) groups is 3. The number of morpholine rings is 1. The van der Waals surface area contributed by atoms with Gasteiger partial charge in [0.15, 0.2) is 0 Å². The Bertz CT molecular complexity index is 953. The van der Waals surface area contributed by atoms with E-state index >= 15 is 0 Å². The first-order valence-corrected chi connectivity index (χ1v) is 9.91. The van der Waals surface area contributed by atoms with E-state index in [4.69, 9.17) is 9.47 Å². The van der Waals surface area contributed by atoms with E-state index in [2.05, 4.69) is 15.8 Å². The first-order valence-electron chi connectivity index (χ1n) is 9.91. The number of hydrogen-bond acceptors (Lipinski definition) is 6. The molecule has 0 bridgehead atoms. The van der Waals surface area contributed by atoms with Crippen molar-refractivity contribution in [3.05, 3.63) is 59.7 Å². The van der Waals surface area contributed by atoms with Crippen LogP contribution in [0.4, 0.5) is 5.69 Å². The molecule has 0 radical (unpaired) electrons. The monoisotopic (exact) mass is 424 g/mol. The average Bonchev–Trinajstić information content (AvgIpc) is 2.81. The summed E-state index contributed by atoms with van der Waals surface area (Å²) in [4.78, 5) is 38.8. The van der Waals surface area contributed by atoms with Crippen LogP contribution in [0.25, 0.3) is 0 Å². The normalized spacial score (nSPS) is 13.6. The number of anilines is 1. The SMILES string of the molecule is CCOc1ccc(C=NNC(=O)C(=O)Nc2ccccc2C(=O)N2CCOCC2)cc1. The van der Waals surface area contributed by atoms with Gasteiger partial charge in [-0.25, -0.2) is 5.43 Å². The van der Waals surface area contributed by atoms with Crippen LogP contribution in [0.5, 0.6) is 5.75 Å². The Labute approximate surface area is 180 Å². The number of carbonyl (C=O) groups excluding carboxylic acids is 3. The molecule has 162 valence electrons. The molecule has 3 amide bonds. The molecule has 1 fully saturated rings. The molecule has 0 aliphatic carbocycles. The van der Waals surface area contributed by atoms with Crippen LogP contribution in [-0.4, -0.2) is 61.7 Å². The highest BCUT2D eigenvalue weighted by Gasteiger charge is 2.22. The minimum atomic E-state index is -0.948. The molecular formula is C22H24N4O5. The molecule has 0 atom stereocenters. The minimum Gasteiger partial charge on any atom is -0.494 e. The van der Waals surface area contributed by atoms with E-state index in [1.165, 1.54) is 6.21 Å². The fourth-order valence-electron chi connectivity index (χ4n) is 2.93. The summed E-state index contributed by atoms with van der Waals surface area (Å²) in [6.45, 7) is 4.35. The maximum absolute atomic E-state index is 12.8. The van der Waals surface area contributed by atoms with Crippen LogP contribution in [0.15, 0.2) is 53.6 Å². The summed E-state index contributed by atoms with van der Waals surface area (Å²) in [5.41, 5.74) is 3.47. The van der Waals surface area contributed by atoms with Gasteiger partial charge >= 0.3 is 11.8 Å². The van der Waals surface area contributed by atoms with E-state index in [1.807, 2.05) is 6.92 Å². The largest absolute Gasteiger partial charge is 0.494 e. The average molecular weight is 424 g/mol. The van der Waals surface area contributed by atoms with Crippen molar-refractivity contribution >= 4 is 29.6 Å². The molecule has 9 nitrogen and oxygen atoms in total. The third kappa shape index (κ3) is 6.13. The zero-order valence-corrected chi connectivity index (χ0v) is 17.2. The van der Waals surface area contributed by atoms with Crippen LogP contribution in [0.1, 0.15) is 22.8 Å². The van der Waals surface area contributed by atoms with Crippen molar-refractivity contribution in [1.82, 2.24) is 10.3 Å². The van der Waals surface area contributed by atoms with Gasteiger partial charge in [-0.2, -0.15) is 5.10 Å². The number of nitrogens with one attached hydrogen (secondary N) is 2. The Morgan fingerprint density at radius 1 is 1.06 bits per heavy atom. The van der Waals surface area contributed by atoms with Crippen molar-refractivity contribution in [1.29, 1.82) is 0 Å². The minimum absolute atomic E-state index is 0.229. The second kappa shape index (κ2) is 10.9. The summed E-state index contributed by atoms with van der Waals surface area (Å²) in [5, 5.41) is 6.28. The Morgan fingerprint density at radius 3 is 2.48 bits per heavy atom. The number of nitrogens with zero attached hydrogens (tertiary/aromatic N) is 2. The summed E-state index contributed by atoms with van der Waals surface area (Å²) in [7, 11) is 0. The molecule has 9 heteroatoms. The molecule has 0 saturated carbocycles. The number of rotatable bonds is 6. The molecule has 0 unspecified atom stereocenters. The van der Waals surface area contributed by atoms with Gasteiger partial charge in [-0.15, -0.1) is 0 Å². The van der Waals surface area contributed by atoms with Gasteiger partial charge in [0, 0.05) is 13.1 Å². The quantitative estimate of drug-likeness (QED) is 0.416. The van der Waals surface area contributed by atoms with Gasteiger partial charge in [-0.05, 0) is 48.9 Å². The summed E-state index contributed by atoms with van der Waals surface area (Å²) >= 11 is 0. The van der Waals surface area contributed by atoms with Crippen molar-refractivity contribution in [2.45, 2.75) is 6.92 Å². The predicted molar refractivity (Wildman–Crippen MR) is 115 cm³/mol. The maximum Gasteiger partial charge on any atom is 0.329 e. The molecule has 0 aromatic heterocycles. The smallest absolute Gasteiger partial charge is 0.329 e. The predicted octanol–water partition coefficient (Wildman–Crippen LogP) is 1.65. The van der Waals surface area contributed by atoms with Crippen LogP contribution < -0.4 is 15.5 Å². The Balaban J connectivity index is 1.58. The lowest BCUT2D eigenvalue weighted by Gasteiger charge is -2.27. The van der Waals surface area contributed by atoms with Crippen molar-refractivity contribution in [2.24, 2.45) is 5.10 Å². The van der Waals surface area contributed by atoms with Gasteiger partial charge in [0.05, 0.1) is 37.3 Å². The van der Waals surface area contributed by atoms with Crippen LogP contribution in [0.3, 0.4) is 0 Å². The second-order valence-corrected chi connectivity index (χ2v) is 6.61. The third-order valence-corrected chi connectivity index (χ3v) is 4.48. The molecule has 31 heavy (non-hydrogen) atoms. The topological polar surface area (TPSA) is 109 Å². The molecule has 1 aliphatic rings. The molecular weight excluding hydrogens is 400 g/mol. The highest BCUT2D eigenvalue weighted by Crippen LogP contribution is 2.18. The summed E-state index contributed by atoms with van der Waals surface area (Å²) in [5.74, 6) is -1.37. The van der Waals surface area contributed by atoms with Gasteiger partial charge in [-0.1, -0.05) is 12.1 Å². The lowest BCUT2D eigenvalue weighted by molar-refractivity contribution is -0.136. The first kappa shape index (κ1) is 22.0. The van der Waals surface area contributed by atoms with Gasteiger partial charge in [-0.3, -0.25) is 14.4 Å². The van der Waals surface area contributed by atoms with Crippen molar-refractivity contribution < 1.29 is 23.9 Å².